The van der Waals surface area contributed by atoms with Crippen LogP contribution in [0.25, 0.3) is 11.4 Å². The summed E-state index contributed by atoms with van der Waals surface area (Å²) in [6.07, 6.45) is 3.28. The number of carbonyl (C=O) groups excluding carboxylic acids is 1. The van der Waals surface area contributed by atoms with Crippen molar-refractivity contribution in [2.75, 3.05) is 10.6 Å². The minimum absolute atomic E-state index is 0.246. The van der Waals surface area contributed by atoms with Crippen LogP contribution in [0.1, 0.15) is 24.1 Å². The van der Waals surface area contributed by atoms with Gasteiger partial charge in [-0.3, -0.25) is 9.78 Å². The van der Waals surface area contributed by atoms with Crippen LogP contribution in [0.15, 0.2) is 121 Å². The van der Waals surface area contributed by atoms with Crippen molar-refractivity contribution in [3.63, 3.8) is 0 Å². The van der Waals surface area contributed by atoms with Gasteiger partial charge in [-0.15, -0.1) is 5.10 Å². The number of nitrogens with zero attached hydrogens (tertiary/aromatic N) is 4. The first kappa shape index (κ1) is 24.1. The molecule has 0 fully saturated rings. The Kier molecular flexibility index (Phi) is 6.57. The van der Waals surface area contributed by atoms with Crippen LogP contribution in [0.3, 0.4) is 0 Å². The monoisotopic (exact) mass is 514 g/mol. The van der Waals surface area contributed by atoms with Crippen LogP contribution in [0, 0.1) is 0 Å². The second-order valence-corrected chi connectivity index (χ2v) is 9.17. The number of carbonyl (C=O) groups is 1. The van der Waals surface area contributed by atoms with Gasteiger partial charge in [0, 0.05) is 17.5 Å². The van der Waals surface area contributed by atoms with E-state index < -0.39 is 6.04 Å². The van der Waals surface area contributed by atoms with Crippen LogP contribution in [-0.2, 0) is 11.4 Å². The maximum atomic E-state index is 13.7. The summed E-state index contributed by atoms with van der Waals surface area (Å²) in [5.74, 6) is 1.64. The SMILES string of the molecule is CC1=C(C(=O)Nc2cccnc2)C(c2ccc(OCc3ccccc3)cc2)n2nc(-c3ccccc3)nc2N1. The first-order valence-electron chi connectivity index (χ1n) is 12.6. The molecule has 0 radical (unpaired) electrons. The quantitative estimate of drug-likeness (QED) is 0.283. The molecule has 3 heterocycles. The Balaban J connectivity index is 1.35. The van der Waals surface area contributed by atoms with Gasteiger partial charge in [0.05, 0.1) is 17.5 Å². The van der Waals surface area contributed by atoms with E-state index in [1.807, 2.05) is 91.9 Å². The summed E-state index contributed by atoms with van der Waals surface area (Å²) in [6.45, 7) is 2.35. The first-order chi connectivity index (χ1) is 19.2. The predicted molar refractivity (Wildman–Crippen MR) is 150 cm³/mol. The van der Waals surface area contributed by atoms with Crippen LogP contribution in [-0.4, -0.2) is 25.7 Å². The molecule has 1 amide bonds. The molecule has 1 aliphatic rings. The van der Waals surface area contributed by atoms with E-state index >= 15 is 0 Å². The van der Waals surface area contributed by atoms with E-state index in [0.717, 1.165) is 22.4 Å². The molecule has 8 nitrogen and oxygen atoms in total. The Morgan fingerprint density at radius 3 is 2.41 bits per heavy atom. The lowest BCUT2D eigenvalue weighted by Crippen LogP contribution is -2.31. The molecule has 6 rings (SSSR count). The molecular weight excluding hydrogens is 488 g/mol. The van der Waals surface area contributed by atoms with E-state index in [4.69, 9.17) is 14.8 Å². The highest BCUT2D eigenvalue weighted by molar-refractivity contribution is 6.05. The number of aromatic nitrogens is 4. The van der Waals surface area contributed by atoms with Gasteiger partial charge in [-0.05, 0) is 42.3 Å². The molecular formula is C31H26N6O2. The first-order valence-corrected chi connectivity index (χ1v) is 12.6. The number of rotatable bonds is 7. The third-order valence-corrected chi connectivity index (χ3v) is 6.49. The van der Waals surface area contributed by atoms with Gasteiger partial charge < -0.3 is 15.4 Å². The van der Waals surface area contributed by atoms with Crippen molar-refractivity contribution in [2.45, 2.75) is 19.6 Å². The lowest BCUT2D eigenvalue weighted by Gasteiger charge is -2.28. The number of ether oxygens (including phenoxy) is 1. The molecule has 2 aromatic heterocycles. The molecule has 192 valence electrons. The molecule has 8 heteroatoms. The van der Waals surface area contributed by atoms with E-state index in [-0.39, 0.29) is 5.91 Å². The fraction of sp³-hybridized carbons (Fsp3) is 0.0968. The summed E-state index contributed by atoms with van der Waals surface area (Å²) in [5, 5.41) is 11.1. The number of allylic oxidation sites excluding steroid dienone is 1. The fourth-order valence-electron chi connectivity index (χ4n) is 4.59. The Morgan fingerprint density at radius 2 is 1.69 bits per heavy atom. The number of fused-ring (bicyclic) bond motifs is 1. The largest absolute Gasteiger partial charge is 0.489 e. The predicted octanol–water partition coefficient (Wildman–Crippen LogP) is 5.85. The summed E-state index contributed by atoms with van der Waals surface area (Å²) >= 11 is 0. The van der Waals surface area contributed by atoms with E-state index in [1.165, 1.54) is 0 Å². The number of anilines is 2. The zero-order valence-electron chi connectivity index (χ0n) is 21.3. The van der Waals surface area contributed by atoms with Gasteiger partial charge in [0.15, 0.2) is 5.82 Å². The minimum Gasteiger partial charge on any atom is -0.489 e. The van der Waals surface area contributed by atoms with Gasteiger partial charge in [-0.2, -0.15) is 4.98 Å². The van der Waals surface area contributed by atoms with Crippen molar-refractivity contribution in [3.05, 3.63) is 132 Å². The van der Waals surface area contributed by atoms with Gasteiger partial charge >= 0.3 is 0 Å². The van der Waals surface area contributed by atoms with Crippen molar-refractivity contribution >= 4 is 17.5 Å². The van der Waals surface area contributed by atoms with Crippen LogP contribution >= 0.6 is 0 Å². The number of nitrogens with one attached hydrogen (secondary N) is 2. The van der Waals surface area contributed by atoms with Crippen LogP contribution in [0.4, 0.5) is 11.6 Å². The van der Waals surface area contributed by atoms with Crippen molar-refractivity contribution in [2.24, 2.45) is 0 Å². The zero-order chi connectivity index (χ0) is 26.6. The van der Waals surface area contributed by atoms with Gasteiger partial charge in [0.25, 0.3) is 5.91 Å². The molecule has 1 unspecified atom stereocenters. The summed E-state index contributed by atoms with van der Waals surface area (Å²) in [4.78, 5) is 22.5. The van der Waals surface area contributed by atoms with Crippen LogP contribution < -0.4 is 15.4 Å². The van der Waals surface area contributed by atoms with Gasteiger partial charge in [-0.25, -0.2) is 4.68 Å². The third-order valence-electron chi connectivity index (χ3n) is 6.49. The van der Waals surface area contributed by atoms with Crippen LogP contribution in [0.5, 0.6) is 5.75 Å². The molecule has 0 saturated heterocycles. The Bertz CT molecular complexity index is 1610. The van der Waals surface area contributed by atoms with Crippen molar-refractivity contribution in [3.8, 4) is 17.1 Å². The van der Waals surface area contributed by atoms with E-state index in [9.17, 15) is 4.79 Å². The van der Waals surface area contributed by atoms with Crippen LogP contribution in [0.2, 0.25) is 0 Å². The molecule has 0 spiro atoms. The van der Waals surface area contributed by atoms with E-state index in [0.29, 0.717) is 35.3 Å². The zero-order valence-corrected chi connectivity index (χ0v) is 21.3. The second kappa shape index (κ2) is 10.6. The van der Waals surface area contributed by atoms with Gasteiger partial charge in [0.1, 0.15) is 18.4 Å². The highest BCUT2D eigenvalue weighted by Crippen LogP contribution is 2.37. The highest BCUT2D eigenvalue weighted by Gasteiger charge is 2.34. The minimum atomic E-state index is -0.508. The van der Waals surface area contributed by atoms with Gasteiger partial charge in [0.2, 0.25) is 5.95 Å². The summed E-state index contributed by atoms with van der Waals surface area (Å²) < 4.78 is 7.77. The smallest absolute Gasteiger partial charge is 0.255 e. The van der Waals surface area contributed by atoms with Crippen molar-refractivity contribution in [1.29, 1.82) is 0 Å². The molecule has 1 aliphatic heterocycles. The molecule has 0 bridgehead atoms. The molecule has 2 N–H and O–H groups in total. The van der Waals surface area contributed by atoms with Crippen molar-refractivity contribution in [1.82, 2.24) is 19.7 Å². The molecule has 0 saturated carbocycles. The van der Waals surface area contributed by atoms with Gasteiger partial charge in [-0.1, -0.05) is 72.8 Å². The number of amides is 1. The Morgan fingerprint density at radius 1 is 0.949 bits per heavy atom. The van der Waals surface area contributed by atoms with E-state index in [1.54, 1.807) is 29.2 Å². The summed E-state index contributed by atoms with van der Waals surface area (Å²) in [5.41, 5.74) is 4.71. The lowest BCUT2D eigenvalue weighted by atomic mass is 9.95. The number of hydrogen-bond acceptors (Lipinski definition) is 6. The number of pyridine rings is 1. The standard InChI is InChI=1S/C31H26N6O2/c1-21-27(30(38)34-25-13-8-18-32-19-25)28(37-31(33-21)35-29(36-37)24-11-6-3-7-12-24)23-14-16-26(17-15-23)39-20-22-9-4-2-5-10-22/h2-19,28H,20H2,1H3,(H,34,38)(H,33,35,36). The Labute approximate surface area is 226 Å². The Hall–Kier alpha value is -5.24. The van der Waals surface area contributed by atoms with Crippen molar-refractivity contribution < 1.29 is 9.53 Å². The molecule has 5 aromatic rings. The molecule has 0 aliphatic carbocycles. The number of benzene rings is 3. The second-order valence-electron chi connectivity index (χ2n) is 9.17. The third kappa shape index (κ3) is 5.13. The topological polar surface area (TPSA) is 94.0 Å². The maximum absolute atomic E-state index is 13.7. The molecule has 3 aromatic carbocycles. The number of hydrogen-bond donors (Lipinski definition) is 2. The maximum Gasteiger partial charge on any atom is 0.255 e. The average molecular weight is 515 g/mol. The fourth-order valence-corrected chi connectivity index (χ4v) is 4.59. The summed E-state index contributed by atoms with van der Waals surface area (Å²) in [6, 6.07) is 30.6. The lowest BCUT2D eigenvalue weighted by molar-refractivity contribution is -0.113. The highest BCUT2D eigenvalue weighted by atomic mass is 16.5. The molecule has 39 heavy (non-hydrogen) atoms. The summed E-state index contributed by atoms with van der Waals surface area (Å²) in [7, 11) is 0. The van der Waals surface area contributed by atoms with E-state index in [2.05, 4.69) is 15.6 Å². The average Bonchev–Trinajstić information content (AvgIpc) is 3.41. The normalized spacial score (nSPS) is 14.3. The molecule has 1 atom stereocenters.